The number of carbonyl (C=O) groups excluding carboxylic acids is 3. The molecule has 1 saturated heterocycles. The Morgan fingerprint density at radius 2 is 1.61 bits per heavy atom. The third-order valence-electron chi connectivity index (χ3n) is 5.41. The first-order chi connectivity index (χ1) is 14.8. The molecule has 1 aliphatic heterocycles. The van der Waals surface area contributed by atoms with Crippen molar-refractivity contribution in [2.75, 3.05) is 11.9 Å². The van der Waals surface area contributed by atoms with Crippen LogP contribution in [0.25, 0.3) is 0 Å². The van der Waals surface area contributed by atoms with Crippen LogP contribution in [0.5, 0.6) is 0 Å². The van der Waals surface area contributed by atoms with Gasteiger partial charge >= 0.3 is 0 Å². The minimum atomic E-state index is -0.748. The normalized spacial score (nSPS) is 17.1. The number of nitrogens with one attached hydrogen (secondary N) is 2. The van der Waals surface area contributed by atoms with Crippen molar-refractivity contribution in [3.8, 4) is 0 Å². The molecule has 0 aromatic heterocycles. The Hall–Kier alpha value is -3.15. The van der Waals surface area contributed by atoms with E-state index in [4.69, 9.17) is 0 Å². The van der Waals surface area contributed by atoms with E-state index >= 15 is 0 Å². The van der Waals surface area contributed by atoms with Crippen molar-refractivity contribution in [1.82, 2.24) is 10.2 Å². The number of para-hydroxylation sites is 1. The largest absolute Gasteiger partial charge is 0.342 e. The van der Waals surface area contributed by atoms with E-state index in [2.05, 4.69) is 10.6 Å². The average molecular weight is 422 g/mol. The first-order valence-corrected chi connectivity index (χ1v) is 10.8. The highest BCUT2D eigenvalue weighted by atomic mass is 16.2. The number of amides is 3. The van der Waals surface area contributed by atoms with Gasteiger partial charge in [-0.05, 0) is 30.5 Å². The third-order valence-corrected chi connectivity index (χ3v) is 5.41. The topological polar surface area (TPSA) is 78.5 Å². The average Bonchev–Trinajstić information content (AvgIpc) is 3.23. The Labute approximate surface area is 184 Å². The van der Waals surface area contributed by atoms with Crippen LogP contribution >= 0.6 is 0 Å². The summed E-state index contributed by atoms with van der Waals surface area (Å²) in [5.74, 6) is -0.604. The zero-order chi connectivity index (χ0) is 22.4. The van der Waals surface area contributed by atoms with Gasteiger partial charge in [-0.2, -0.15) is 0 Å². The quantitative estimate of drug-likeness (QED) is 0.750. The minimum absolute atomic E-state index is 0.0431. The fourth-order valence-electron chi connectivity index (χ4n) is 3.79. The predicted molar refractivity (Wildman–Crippen MR) is 121 cm³/mol. The molecule has 1 heterocycles. The molecule has 2 unspecified atom stereocenters. The molecular weight excluding hydrogens is 390 g/mol. The zero-order valence-corrected chi connectivity index (χ0v) is 18.4. The molecule has 6 heteroatoms. The van der Waals surface area contributed by atoms with Crippen molar-refractivity contribution in [3.05, 3.63) is 66.2 Å². The molecule has 0 bridgehead atoms. The molecule has 2 N–H and O–H groups in total. The second-order valence-electron chi connectivity index (χ2n) is 9.01. The van der Waals surface area contributed by atoms with E-state index in [0.717, 1.165) is 12.0 Å². The first-order valence-electron chi connectivity index (χ1n) is 10.8. The van der Waals surface area contributed by atoms with Crippen LogP contribution in [0.4, 0.5) is 5.69 Å². The minimum Gasteiger partial charge on any atom is -0.342 e. The molecular formula is C25H31N3O3. The summed E-state index contributed by atoms with van der Waals surface area (Å²) in [6.45, 7) is 6.13. The van der Waals surface area contributed by atoms with Gasteiger partial charge in [0.05, 0.1) is 0 Å². The summed E-state index contributed by atoms with van der Waals surface area (Å²) in [6, 6.07) is 17.5. The summed E-state index contributed by atoms with van der Waals surface area (Å²) >= 11 is 0. The summed E-state index contributed by atoms with van der Waals surface area (Å²) in [4.78, 5) is 40.7. The van der Waals surface area contributed by atoms with Crippen LogP contribution in [0.15, 0.2) is 60.7 Å². The Balaban J connectivity index is 1.76. The maximum Gasteiger partial charge on any atom is 0.247 e. The van der Waals surface area contributed by atoms with Crippen molar-refractivity contribution in [2.24, 2.45) is 5.41 Å². The predicted octanol–water partition coefficient (Wildman–Crippen LogP) is 3.39. The van der Waals surface area contributed by atoms with E-state index in [1.807, 2.05) is 69.3 Å². The molecule has 0 aliphatic carbocycles. The van der Waals surface area contributed by atoms with E-state index in [0.29, 0.717) is 25.1 Å². The molecule has 2 atom stereocenters. The first kappa shape index (κ1) is 22.5. The molecule has 0 saturated carbocycles. The standard InChI is InChI=1S/C25H31N3O3/c1-25(2,3)24(31)28-16-10-15-21(28)23(30)27-20(17-18-11-6-4-7-12-18)22(29)26-19-13-8-5-9-14-19/h4-9,11-14,20-21H,10,15-17H2,1-3H3,(H,26,29)(H,27,30). The number of benzene rings is 2. The second-order valence-corrected chi connectivity index (χ2v) is 9.01. The van der Waals surface area contributed by atoms with Crippen molar-refractivity contribution >= 4 is 23.4 Å². The highest BCUT2D eigenvalue weighted by Gasteiger charge is 2.39. The maximum absolute atomic E-state index is 13.2. The summed E-state index contributed by atoms with van der Waals surface area (Å²) in [7, 11) is 0. The Morgan fingerprint density at radius 1 is 1.00 bits per heavy atom. The fraction of sp³-hybridized carbons (Fsp3) is 0.400. The van der Waals surface area contributed by atoms with E-state index in [-0.39, 0.29) is 17.7 Å². The zero-order valence-electron chi connectivity index (χ0n) is 18.4. The van der Waals surface area contributed by atoms with Crippen molar-refractivity contribution in [3.63, 3.8) is 0 Å². The highest BCUT2D eigenvalue weighted by Crippen LogP contribution is 2.25. The maximum atomic E-state index is 13.2. The lowest BCUT2D eigenvalue weighted by Gasteiger charge is -2.31. The number of nitrogens with zero attached hydrogens (tertiary/aromatic N) is 1. The second kappa shape index (κ2) is 9.77. The molecule has 6 nitrogen and oxygen atoms in total. The van der Waals surface area contributed by atoms with Crippen molar-refractivity contribution in [1.29, 1.82) is 0 Å². The number of likely N-dealkylation sites (tertiary alicyclic amines) is 1. The third kappa shape index (κ3) is 5.94. The Kier molecular flexibility index (Phi) is 7.10. The van der Waals surface area contributed by atoms with E-state index in [1.165, 1.54) is 0 Å². The summed E-state index contributed by atoms with van der Waals surface area (Å²) in [5.41, 5.74) is 1.06. The van der Waals surface area contributed by atoms with Gasteiger partial charge in [0.15, 0.2) is 0 Å². The van der Waals surface area contributed by atoms with Crippen LogP contribution in [-0.4, -0.2) is 41.2 Å². The van der Waals surface area contributed by atoms with E-state index < -0.39 is 17.5 Å². The molecule has 164 valence electrons. The number of hydrogen-bond acceptors (Lipinski definition) is 3. The summed E-state index contributed by atoms with van der Waals surface area (Å²) in [5, 5.41) is 5.80. The number of carbonyl (C=O) groups is 3. The van der Waals surface area contributed by atoms with Crippen LogP contribution in [0.3, 0.4) is 0 Å². The summed E-state index contributed by atoms with van der Waals surface area (Å²) in [6.07, 6.45) is 1.75. The van der Waals surface area contributed by atoms with Crippen LogP contribution in [0.2, 0.25) is 0 Å². The van der Waals surface area contributed by atoms with Crippen LogP contribution in [-0.2, 0) is 20.8 Å². The molecule has 1 fully saturated rings. The lowest BCUT2D eigenvalue weighted by Crippen LogP contribution is -2.54. The van der Waals surface area contributed by atoms with Gasteiger partial charge in [0.1, 0.15) is 12.1 Å². The lowest BCUT2D eigenvalue weighted by molar-refractivity contribution is -0.145. The molecule has 2 aromatic carbocycles. The van der Waals surface area contributed by atoms with Gasteiger partial charge < -0.3 is 15.5 Å². The summed E-state index contributed by atoms with van der Waals surface area (Å²) < 4.78 is 0. The molecule has 0 radical (unpaired) electrons. The SMILES string of the molecule is CC(C)(C)C(=O)N1CCCC1C(=O)NC(Cc1ccccc1)C(=O)Nc1ccccc1. The number of hydrogen-bond donors (Lipinski definition) is 2. The number of anilines is 1. The fourth-order valence-corrected chi connectivity index (χ4v) is 3.79. The molecule has 0 spiro atoms. The van der Waals surface area contributed by atoms with Gasteiger partial charge in [-0.15, -0.1) is 0 Å². The van der Waals surface area contributed by atoms with Gasteiger partial charge in [-0.1, -0.05) is 69.3 Å². The van der Waals surface area contributed by atoms with Crippen molar-refractivity contribution < 1.29 is 14.4 Å². The number of rotatable bonds is 6. The highest BCUT2D eigenvalue weighted by molar-refractivity contribution is 5.99. The molecule has 3 amide bonds. The van der Waals surface area contributed by atoms with Gasteiger partial charge in [0, 0.05) is 24.1 Å². The van der Waals surface area contributed by atoms with Crippen LogP contribution in [0.1, 0.15) is 39.2 Å². The van der Waals surface area contributed by atoms with Gasteiger partial charge in [-0.25, -0.2) is 0 Å². The van der Waals surface area contributed by atoms with Gasteiger partial charge in [-0.3, -0.25) is 14.4 Å². The van der Waals surface area contributed by atoms with Gasteiger partial charge in [0.2, 0.25) is 17.7 Å². The lowest BCUT2D eigenvalue weighted by atomic mass is 9.94. The van der Waals surface area contributed by atoms with Gasteiger partial charge in [0.25, 0.3) is 0 Å². The molecule has 1 aliphatic rings. The molecule has 3 rings (SSSR count). The Bertz CT molecular complexity index is 907. The van der Waals surface area contributed by atoms with Crippen LogP contribution in [0, 0.1) is 5.41 Å². The molecule has 31 heavy (non-hydrogen) atoms. The molecule has 2 aromatic rings. The van der Waals surface area contributed by atoms with E-state index in [1.54, 1.807) is 17.0 Å². The smallest absolute Gasteiger partial charge is 0.247 e. The monoisotopic (exact) mass is 421 g/mol. The van der Waals surface area contributed by atoms with E-state index in [9.17, 15) is 14.4 Å². The Morgan fingerprint density at radius 3 is 2.23 bits per heavy atom. The van der Waals surface area contributed by atoms with Crippen LogP contribution < -0.4 is 10.6 Å². The van der Waals surface area contributed by atoms with Crippen molar-refractivity contribution in [2.45, 2.75) is 52.1 Å².